The molecule has 9 heteroatoms. The van der Waals surface area contributed by atoms with Crippen LogP contribution in [0.5, 0.6) is 0 Å². The molecule has 2 amide bonds. The number of aromatic nitrogens is 2. The summed E-state index contributed by atoms with van der Waals surface area (Å²) in [6.45, 7) is 0. The lowest BCUT2D eigenvalue weighted by Gasteiger charge is -2.18. The average Bonchev–Trinajstić information content (AvgIpc) is 3.13. The molecule has 4 N–H and O–H groups in total. The van der Waals surface area contributed by atoms with E-state index in [1.807, 2.05) is 0 Å². The van der Waals surface area contributed by atoms with Crippen LogP contribution < -0.4 is 11.1 Å². The monoisotopic (exact) mass is 420 g/mol. The molecule has 0 aliphatic rings. The first-order chi connectivity index (χ1) is 13.3. The average molecular weight is 421 g/mol. The summed E-state index contributed by atoms with van der Waals surface area (Å²) in [5.74, 6) is -1.62. The third kappa shape index (κ3) is 4.49. The quantitative estimate of drug-likeness (QED) is 0.563. The zero-order valence-corrected chi connectivity index (χ0v) is 15.9. The molecule has 0 bridgehead atoms. The predicted molar refractivity (Wildman–Crippen MR) is 104 cm³/mol. The van der Waals surface area contributed by atoms with E-state index in [-0.39, 0.29) is 17.0 Å². The zero-order valence-electron chi connectivity index (χ0n) is 14.4. The Morgan fingerprint density at radius 2 is 1.89 bits per heavy atom. The largest absolute Gasteiger partial charge is 0.370 e. The first-order valence-corrected chi connectivity index (χ1v) is 8.94. The molecule has 0 saturated carbocycles. The Kier molecular flexibility index (Phi) is 5.96. The highest BCUT2D eigenvalue weighted by atomic mass is 35.5. The van der Waals surface area contributed by atoms with Crippen LogP contribution in [0, 0.1) is 5.82 Å². The van der Waals surface area contributed by atoms with E-state index in [2.05, 4.69) is 15.5 Å². The Bertz CT molecular complexity index is 1020. The maximum atomic E-state index is 13.4. The summed E-state index contributed by atoms with van der Waals surface area (Å²) in [7, 11) is 0. The van der Waals surface area contributed by atoms with Gasteiger partial charge in [0.15, 0.2) is 0 Å². The summed E-state index contributed by atoms with van der Waals surface area (Å²) in [6, 6.07) is 10.1. The molecule has 1 heterocycles. The van der Waals surface area contributed by atoms with Crippen LogP contribution in [0.2, 0.25) is 10.0 Å². The van der Waals surface area contributed by atoms with Crippen molar-refractivity contribution in [3.63, 3.8) is 0 Å². The lowest BCUT2D eigenvalue weighted by Crippen LogP contribution is -2.31. The lowest BCUT2D eigenvalue weighted by atomic mass is 10.0. The Balaban J connectivity index is 1.88. The minimum Gasteiger partial charge on any atom is -0.370 e. The number of amides is 2. The van der Waals surface area contributed by atoms with Crippen molar-refractivity contribution in [3.05, 3.63) is 75.7 Å². The predicted octanol–water partition coefficient (Wildman–Crippen LogP) is 3.87. The minimum absolute atomic E-state index is 0.0776. The van der Waals surface area contributed by atoms with Gasteiger partial charge in [-0.3, -0.25) is 14.7 Å². The van der Waals surface area contributed by atoms with E-state index in [9.17, 15) is 14.0 Å². The van der Waals surface area contributed by atoms with Gasteiger partial charge in [0.25, 0.3) is 5.91 Å². The van der Waals surface area contributed by atoms with E-state index in [1.54, 1.807) is 24.3 Å². The van der Waals surface area contributed by atoms with Gasteiger partial charge in [-0.2, -0.15) is 5.10 Å². The van der Waals surface area contributed by atoms with Gasteiger partial charge in [-0.15, -0.1) is 0 Å². The summed E-state index contributed by atoms with van der Waals surface area (Å²) >= 11 is 11.7. The van der Waals surface area contributed by atoms with Crippen molar-refractivity contribution in [2.45, 2.75) is 12.5 Å². The number of halogens is 3. The number of nitrogens with one attached hydrogen (secondary N) is 2. The Labute approximate surface area is 169 Å². The molecule has 0 radical (unpaired) electrons. The molecule has 1 atom stereocenters. The van der Waals surface area contributed by atoms with E-state index >= 15 is 0 Å². The van der Waals surface area contributed by atoms with Gasteiger partial charge in [0, 0.05) is 10.6 Å². The Morgan fingerprint density at radius 1 is 1.18 bits per heavy atom. The number of carbonyl (C=O) groups excluding carboxylic acids is 2. The summed E-state index contributed by atoms with van der Waals surface area (Å²) in [4.78, 5) is 24.3. The maximum absolute atomic E-state index is 13.4. The van der Waals surface area contributed by atoms with Gasteiger partial charge < -0.3 is 11.1 Å². The third-order valence-corrected chi connectivity index (χ3v) is 4.62. The van der Waals surface area contributed by atoms with Gasteiger partial charge in [0.2, 0.25) is 5.91 Å². The number of H-pyrrole nitrogens is 1. The number of rotatable bonds is 6. The number of carbonyl (C=O) groups is 2. The van der Waals surface area contributed by atoms with Gasteiger partial charge in [-0.05, 0) is 35.9 Å². The van der Waals surface area contributed by atoms with E-state index in [0.29, 0.717) is 21.8 Å². The number of hydrogen-bond donors (Lipinski definition) is 3. The van der Waals surface area contributed by atoms with Crippen LogP contribution in [0.25, 0.3) is 11.3 Å². The van der Waals surface area contributed by atoms with Crippen molar-refractivity contribution in [2.75, 3.05) is 0 Å². The molecular weight excluding hydrogens is 406 g/mol. The second-order valence-corrected chi connectivity index (χ2v) is 6.88. The van der Waals surface area contributed by atoms with Crippen LogP contribution >= 0.6 is 23.2 Å². The topological polar surface area (TPSA) is 101 Å². The first kappa shape index (κ1) is 19.9. The fourth-order valence-electron chi connectivity index (χ4n) is 2.71. The summed E-state index contributed by atoms with van der Waals surface area (Å²) in [5, 5.41) is 9.82. The molecule has 6 nitrogen and oxygen atoms in total. The first-order valence-electron chi connectivity index (χ1n) is 8.18. The van der Waals surface area contributed by atoms with Crippen LogP contribution in [-0.4, -0.2) is 22.0 Å². The zero-order chi connectivity index (χ0) is 20.3. The van der Waals surface area contributed by atoms with Crippen LogP contribution in [0.3, 0.4) is 0 Å². The van der Waals surface area contributed by atoms with Gasteiger partial charge in [0.1, 0.15) is 5.82 Å². The van der Waals surface area contributed by atoms with E-state index < -0.39 is 23.7 Å². The SMILES string of the molecule is NC(=O)C[C@@H](NC(=O)c1cn[nH]c1-c1ccc(F)c(Cl)c1)c1ccc(Cl)cc1. The molecule has 0 fully saturated rings. The van der Waals surface area contributed by atoms with Crippen LogP contribution in [-0.2, 0) is 4.79 Å². The number of nitrogens with two attached hydrogens (primary N) is 1. The van der Waals surface area contributed by atoms with Gasteiger partial charge in [-0.25, -0.2) is 4.39 Å². The molecule has 2 aromatic carbocycles. The molecule has 1 aromatic heterocycles. The molecule has 28 heavy (non-hydrogen) atoms. The number of aromatic amines is 1. The fourth-order valence-corrected chi connectivity index (χ4v) is 3.02. The second-order valence-electron chi connectivity index (χ2n) is 6.04. The van der Waals surface area contributed by atoms with Crippen molar-refractivity contribution in [2.24, 2.45) is 5.73 Å². The summed E-state index contributed by atoms with van der Waals surface area (Å²) in [5.41, 5.74) is 7.07. The van der Waals surface area contributed by atoms with E-state index in [1.165, 1.54) is 24.4 Å². The van der Waals surface area contributed by atoms with Crippen LogP contribution in [0.15, 0.2) is 48.7 Å². The van der Waals surface area contributed by atoms with Gasteiger partial charge >= 0.3 is 0 Å². The summed E-state index contributed by atoms with van der Waals surface area (Å²) in [6.07, 6.45) is 1.24. The van der Waals surface area contributed by atoms with Crippen molar-refractivity contribution < 1.29 is 14.0 Å². The molecule has 0 saturated heterocycles. The van der Waals surface area contributed by atoms with Crippen molar-refractivity contribution >= 4 is 35.0 Å². The molecule has 0 aliphatic heterocycles. The molecule has 0 spiro atoms. The third-order valence-electron chi connectivity index (χ3n) is 4.08. The highest BCUT2D eigenvalue weighted by Gasteiger charge is 2.22. The minimum atomic E-state index is -0.651. The molecule has 0 unspecified atom stereocenters. The normalized spacial score (nSPS) is 11.8. The second kappa shape index (κ2) is 8.41. The number of benzene rings is 2. The highest BCUT2D eigenvalue weighted by molar-refractivity contribution is 6.31. The molecule has 3 rings (SSSR count). The van der Waals surface area contributed by atoms with Gasteiger partial charge in [0.05, 0.1) is 34.9 Å². The molecule has 0 aliphatic carbocycles. The van der Waals surface area contributed by atoms with Gasteiger partial charge in [-0.1, -0.05) is 35.3 Å². The lowest BCUT2D eigenvalue weighted by molar-refractivity contribution is -0.118. The number of hydrogen-bond acceptors (Lipinski definition) is 3. The Morgan fingerprint density at radius 3 is 2.54 bits per heavy atom. The Hall–Kier alpha value is -2.90. The van der Waals surface area contributed by atoms with Crippen molar-refractivity contribution in [3.8, 4) is 11.3 Å². The fraction of sp³-hybridized carbons (Fsp3) is 0.105. The number of primary amides is 1. The molecule has 144 valence electrons. The van der Waals surface area contributed by atoms with E-state index in [4.69, 9.17) is 28.9 Å². The molecular formula is C19H15Cl2FN4O2. The van der Waals surface area contributed by atoms with Crippen LogP contribution in [0.1, 0.15) is 28.4 Å². The van der Waals surface area contributed by atoms with Crippen molar-refractivity contribution in [1.82, 2.24) is 15.5 Å². The van der Waals surface area contributed by atoms with Crippen LogP contribution in [0.4, 0.5) is 4.39 Å². The number of nitrogens with zero attached hydrogens (tertiary/aromatic N) is 1. The van der Waals surface area contributed by atoms with Crippen molar-refractivity contribution in [1.29, 1.82) is 0 Å². The molecule has 3 aromatic rings. The summed E-state index contributed by atoms with van der Waals surface area (Å²) < 4.78 is 13.4. The standard InChI is InChI=1S/C19H15Cl2FN4O2/c20-12-4-1-10(2-5-12)16(8-17(23)27)25-19(28)13-9-24-26-18(13)11-3-6-15(22)14(21)7-11/h1-7,9,16H,8H2,(H2,23,27)(H,24,26)(H,25,28)/t16-/m1/s1. The maximum Gasteiger partial charge on any atom is 0.255 e. The highest BCUT2D eigenvalue weighted by Crippen LogP contribution is 2.27. The smallest absolute Gasteiger partial charge is 0.255 e. The van der Waals surface area contributed by atoms with E-state index in [0.717, 1.165) is 0 Å².